The number of hydrogen-bond donors (Lipinski definition) is 1. The summed E-state index contributed by atoms with van der Waals surface area (Å²) in [6.45, 7) is 0. The van der Waals surface area contributed by atoms with Crippen LogP contribution in [0.2, 0.25) is 0 Å². The van der Waals surface area contributed by atoms with E-state index >= 15 is 0 Å². The zero-order valence-corrected chi connectivity index (χ0v) is 11.9. The predicted octanol–water partition coefficient (Wildman–Crippen LogP) is 4.53. The number of para-hydroxylation sites is 1. The number of fused-ring (bicyclic) bond motifs is 1. The molecule has 0 radical (unpaired) electrons. The first kappa shape index (κ1) is 12.0. The van der Waals surface area contributed by atoms with Crippen LogP contribution in [0.3, 0.4) is 0 Å². The third-order valence-corrected chi connectivity index (χ3v) is 4.33. The van der Waals surface area contributed by atoms with E-state index in [1.54, 1.807) is 12.1 Å². The number of rotatable bonds is 2. The molecule has 1 aliphatic rings. The lowest BCUT2D eigenvalue weighted by Gasteiger charge is -2.16. The fourth-order valence-corrected chi connectivity index (χ4v) is 3.05. The summed E-state index contributed by atoms with van der Waals surface area (Å²) < 4.78 is 14.4. The van der Waals surface area contributed by atoms with Crippen molar-refractivity contribution in [3.05, 3.63) is 63.0 Å². The highest BCUT2D eigenvalue weighted by Gasteiger charge is 2.22. The second-order valence-electron chi connectivity index (χ2n) is 4.56. The van der Waals surface area contributed by atoms with Crippen molar-refractivity contribution in [1.82, 2.24) is 0 Å². The molecule has 0 amide bonds. The maximum atomic E-state index is 13.2. The zero-order valence-electron chi connectivity index (χ0n) is 9.79. The largest absolute Gasteiger partial charge is 0.377 e. The van der Waals surface area contributed by atoms with E-state index in [0.29, 0.717) is 6.04 Å². The molecule has 18 heavy (non-hydrogen) atoms. The Labute approximate surface area is 120 Å². The van der Waals surface area contributed by atoms with E-state index < -0.39 is 0 Å². The monoisotopic (exact) mass is 353 g/mol. The molecule has 2 aromatic carbocycles. The highest BCUT2D eigenvalue weighted by atomic mass is 127. The normalized spacial score (nSPS) is 17.6. The lowest BCUT2D eigenvalue weighted by atomic mass is 10.1. The van der Waals surface area contributed by atoms with Gasteiger partial charge in [-0.05, 0) is 70.8 Å². The summed E-state index contributed by atoms with van der Waals surface area (Å²) in [6.07, 6.45) is 1.98. The van der Waals surface area contributed by atoms with Crippen LogP contribution in [0.4, 0.5) is 10.1 Å². The van der Waals surface area contributed by atoms with Gasteiger partial charge in [-0.15, -0.1) is 0 Å². The van der Waals surface area contributed by atoms with Gasteiger partial charge in [0.15, 0.2) is 0 Å². The second kappa shape index (κ2) is 4.88. The van der Waals surface area contributed by atoms with Crippen LogP contribution in [0, 0.1) is 9.39 Å². The summed E-state index contributed by atoms with van der Waals surface area (Å²) in [5.74, 6) is -0.135. The minimum atomic E-state index is -0.135. The summed E-state index contributed by atoms with van der Waals surface area (Å²) in [5.41, 5.74) is 3.52. The van der Waals surface area contributed by atoms with Gasteiger partial charge in [-0.3, -0.25) is 0 Å². The van der Waals surface area contributed by atoms with Crippen LogP contribution >= 0.6 is 22.6 Å². The quantitative estimate of drug-likeness (QED) is 0.783. The van der Waals surface area contributed by atoms with Crippen molar-refractivity contribution in [1.29, 1.82) is 0 Å². The van der Waals surface area contributed by atoms with Crippen molar-refractivity contribution in [2.75, 3.05) is 5.32 Å². The molecule has 2 aromatic rings. The average molecular weight is 353 g/mol. The number of nitrogens with one attached hydrogen (secondary N) is 1. The number of aryl methyl sites for hydroxylation is 1. The molecule has 0 saturated carbocycles. The van der Waals surface area contributed by atoms with E-state index in [2.05, 4.69) is 40.0 Å². The number of halogens is 2. The van der Waals surface area contributed by atoms with Gasteiger partial charge in [0.25, 0.3) is 0 Å². The minimum absolute atomic E-state index is 0.135. The molecule has 0 fully saturated rings. The van der Waals surface area contributed by atoms with Crippen LogP contribution in [-0.2, 0) is 6.42 Å². The molecule has 0 bridgehead atoms. The molecule has 1 unspecified atom stereocenters. The third-order valence-electron chi connectivity index (χ3n) is 3.39. The van der Waals surface area contributed by atoms with E-state index in [1.807, 2.05) is 18.2 Å². The summed E-state index contributed by atoms with van der Waals surface area (Å²) in [7, 11) is 0. The first-order chi connectivity index (χ1) is 8.74. The Bertz CT molecular complexity index is 582. The lowest BCUT2D eigenvalue weighted by Crippen LogP contribution is -2.08. The van der Waals surface area contributed by atoms with Crippen molar-refractivity contribution in [2.24, 2.45) is 0 Å². The third kappa shape index (κ3) is 2.23. The first-order valence-corrected chi connectivity index (χ1v) is 7.11. The molecule has 1 N–H and O–H groups in total. The lowest BCUT2D eigenvalue weighted by molar-refractivity contribution is 0.626. The smallest absolute Gasteiger partial charge is 0.123 e. The number of hydrogen-bond acceptors (Lipinski definition) is 1. The summed E-state index contributed by atoms with van der Waals surface area (Å²) in [4.78, 5) is 0. The Balaban J connectivity index is 1.87. The zero-order chi connectivity index (χ0) is 12.5. The topological polar surface area (TPSA) is 12.0 Å². The van der Waals surface area contributed by atoms with Crippen LogP contribution in [0.25, 0.3) is 0 Å². The Kier molecular flexibility index (Phi) is 3.24. The molecule has 3 rings (SSSR count). The van der Waals surface area contributed by atoms with Crippen molar-refractivity contribution < 1.29 is 4.39 Å². The molecule has 1 atom stereocenters. The van der Waals surface area contributed by atoms with Crippen molar-refractivity contribution in [3.8, 4) is 0 Å². The van der Waals surface area contributed by atoms with Crippen molar-refractivity contribution in [3.63, 3.8) is 0 Å². The van der Waals surface area contributed by atoms with E-state index in [0.717, 1.165) is 24.1 Å². The van der Waals surface area contributed by atoms with Crippen LogP contribution in [0.15, 0.2) is 42.5 Å². The predicted molar refractivity (Wildman–Crippen MR) is 80.2 cm³/mol. The minimum Gasteiger partial charge on any atom is -0.377 e. The Morgan fingerprint density at radius 2 is 2.00 bits per heavy atom. The van der Waals surface area contributed by atoms with E-state index in [-0.39, 0.29) is 5.82 Å². The molecule has 3 heteroatoms. The van der Waals surface area contributed by atoms with E-state index in [9.17, 15) is 4.39 Å². The first-order valence-electron chi connectivity index (χ1n) is 6.03. The van der Waals surface area contributed by atoms with Gasteiger partial charge >= 0.3 is 0 Å². The molecular weight excluding hydrogens is 340 g/mol. The van der Waals surface area contributed by atoms with Gasteiger partial charge in [0.05, 0.1) is 6.04 Å². The highest BCUT2D eigenvalue weighted by molar-refractivity contribution is 14.1. The van der Waals surface area contributed by atoms with Crippen LogP contribution in [0.1, 0.15) is 23.6 Å². The second-order valence-corrected chi connectivity index (χ2v) is 5.72. The van der Waals surface area contributed by atoms with E-state index in [4.69, 9.17) is 0 Å². The molecular formula is C15H13FIN. The van der Waals surface area contributed by atoms with Crippen LogP contribution < -0.4 is 5.32 Å². The molecule has 92 valence electrons. The fraction of sp³-hybridized carbons (Fsp3) is 0.200. The number of anilines is 1. The van der Waals surface area contributed by atoms with Gasteiger partial charge in [0, 0.05) is 9.26 Å². The summed E-state index contributed by atoms with van der Waals surface area (Å²) in [5, 5.41) is 3.55. The molecule has 0 saturated heterocycles. The molecule has 1 aliphatic carbocycles. The highest BCUT2D eigenvalue weighted by Crippen LogP contribution is 2.35. The SMILES string of the molecule is Fc1ccc2c(c1)CCC2Nc1ccccc1I. The van der Waals surface area contributed by atoms with Gasteiger partial charge < -0.3 is 5.32 Å². The van der Waals surface area contributed by atoms with Crippen LogP contribution in [0.5, 0.6) is 0 Å². The summed E-state index contributed by atoms with van der Waals surface area (Å²) in [6, 6.07) is 13.7. The Morgan fingerprint density at radius 3 is 2.83 bits per heavy atom. The molecule has 0 aliphatic heterocycles. The van der Waals surface area contributed by atoms with Gasteiger partial charge in [-0.1, -0.05) is 18.2 Å². The maximum absolute atomic E-state index is 13.2. The molecule has 1 nitrogen and oxygen atoms in total. The van der Waals surface area contributed by atoms with Gasteiger partial charge in [0.2, 0.25) is 0 Å². The maximum Gasteiger partial charge on any atom is 0.123 e. The Hall–Kier alpha value is -1.10. The average Bonchev–Trinajstić information content (AvgIpc) is 2.74. The van der Waals surface area contributed by atoms with Gasteiger partial charge in [-0.2, -0.15) is 0 Å². The molecule has 0 aromatic heterocycles. The van der Waals surface area contributed by atoms with Gasteiger partial charge in [-0.25, -0.2) is 4.39 Å². The number of benzene rings is 2. The van der Waals surface area contributed by atoms with Crippen molar-refractivity contribution in [2.45, 2.75) is 18.9 Å². The van der Waals surface area contributed by atoms with E-state index in [1.165, 1.54) is 9.13 Å². The van der Waals surface area contributed by atoms with Crippen LogP contribution in [-0.4, -0.2) is 0 Å². The van der Waals surface area contributed by atoms with Crippen molar-refractivity contribution >= 4 is 28.3 Å². The van der Waals surface area contributed by atoms with Gasteiger partial charge in [0.1, 0.15) is 5.82 Å². The standard InChI is InChI=1S/C15H13FIN/c16-11-6-7-12-10(9-11)5-8-14(12)18-15-4-2-1-3-13(15)17/h1-4,6-7,9,14,18H,5,8H2. The fourth-order valence-electron chi connectivity index (χ4n) is 2.50. The summed E-state index contributed by atoms with van der Waals surface area (Å²) >= 11 is 2.33. The Morgan fingerprint density at radius 1 is 1.17 bits per heavy atom. The molecule has 0 spiro atoms. The molecule has 0 heterocycles.